The summed E-state index contributed by atoms with van der Waals surface area (Å²) in [5.74, 6) is 1.35. The normalized spacial score (nSPS) is 25.0. The molecule has 38 heavy (non-hydrogen) atoms. The number of hydrogen-bond acceptors (Lipinski definition) is 7. The molecule has 0 spiro atoms. The second-order valence-corrected chi connectivity index (χ2v) is 11.2. The monoisotopic (exact) mass is 544 g/mol. The molecule has 1 aromatic heterocycles. The number of benzene rings is 1. The molecule has 1 aromatic carbocycles. The van der Waals surface area contributed by atoms with Gasteiger partial charge in [0.05, 0.1) is 11.2 Å². The van der Waals surface area contributed by atoms with Crippen LogP contribution in [-0.4, -0.2) is 86.5 Å². The van der Waals surface area contributed by atoms with Gasteiger partial charge < -0.3 is 21.3 Å². The Morgan fingerprint density at radius 3 is 2.32 bits per heavy atom. The summed E-state index contributed by atoms with van der Waals surface area (Å²) in [7, 11) is 0. The van der Waals surface area contributed by atoms with Gasteiger partial charge in [0.25, 0.3) is 0 Å². The maximum absolute atomic E-state index is 12.9. The lowest BCUT2D eigenvalue weighted by Gasteiger charge is -2.41. The third-order valence-electron chi connectivity index (χ3n) is 7.72. The number of anilines is 1. The molecule has 3 fully saturated rings. The van der Waals surface area contributed by atoms with Crippen molar-refractivity contribution < 1.29 is 9.59 Å². The van der Waals surface area contributed by atoms with E-state index in [4.69, 9.17) is 11.5 Å². The van der Waals surface area contributed by atoms with E-state index in [1.165, 1.54) is 10.1 Å². The molecule has 5 N–H and O–H groups in total. The SMILES string of the molecule is C[C@@H]1CN(C(=O)C(C)(C)N)CCN1C(=O)Nc1ccn(-c2ccc(CN3CC4C(N)C4C3)cc2)c(=O)n1.Cl. The zero-order valence-electron chi connectivity index (χ0n) is 22.0. The molecule has 12 heteroatoms. The lowest BCUT2D eigenvalue weighted by Crippen LogP contribution is -2.61. The zero-order chi connectivity index (χ0) is 26.5. The van der Waals surface area contributed by atoms with E-state index >= 15 is 0 Å². The number of piperidine rings is 1. The van der Waals surface area contributed by atoms with E-state index in [9.17, 15) is 14.4 Å². The van der Waals surface area contributed by atoms with Gasteiger partial charge in [-0.3, -0.25) is 19.6 Å². The number of carbonyl (C=O) groups is 2. The summed E-state index contributed by atoms with van der Waals surface area (Å²) < 4.78 is 1.45. The van der Waals surface area contributed by atoms with Crippen LogP contribution >= 0.6 is 12.4 Å². The molecule has 3 atom stereocenters. The lowest BCUT2D eigenvalue weighted by molar-refractivity contribution is -0.138. The molecule has 2 saturated heterocycles. The minimum Gasteiger partial charge on any atom is -0.337 e. The maximum Gasteiger partial charge on any atom is 0.354 e. The number of halogens is 1. The van der Waals surface area contributed by atoms with Crippen LogP contribution < -0.4 is 22.5 Å². The van der Waals surface area contributed by atoms with Crippen molar-refractivity contribution in [1.29, 1.82) is 0 Å². The summed E-state index contributed by atoms with van der Waals surface area (Å²) in [5.41, 5.74) is 12.4. The predicted octanol–water partition coefficient (Wildman–Crippen LogP) is 0.845. The Labute approximate surface area is 228 Å². The molecule has 1 aliphatic carbocycles. The fraction of sp³-hybridized carbons (Fsp3) is 0.538. The highest BCUT2D eigenvalue weighted by Gasteiger charge is 2.53. The smallest absolute Gasteiger partial charge is 0.337 e. The van der Waals surface area contributed by atoms with Crippen molar-refractivity contribution in [1.82, 2.24) is 24.3 Å². The second-order valence-electron chi connectivity index (χ2n) is 11.2. The first-order chi connectivity index (χ1) is 17.5. The molecular weight excluding hydrogens is 508 g/mol. The van der Waals surface area contributed by atoms with E-state index in [0.29, 0.717) is 43.2 Å². The number of urea groups is 1. The average molecular weight is 545 g/mol. The summed E-state index contributed by atoms with van der Waals surface area (Å²) in [6, 6.07) is 9.29. The molecule has 11 nitrogen and oxygen atoms in total. The zero-order valence-corrected chi connectivity index (χ0v) is 22.9. The van der Waals surface area contributed by atoms with Crippen molar-refractivity contribution in [3.63, 3.8) is 0 Å². The van der Waals surface area contributed by atoms with E-state index < -0.39 is 11.2 Å². The van der Waals surface area contributed by atoms with Gasteiger partial charge in [-0.05, 0) is 56.4 Å². The number of nitrogens with two attached hydrogens (primary N) is 2. The molecule has 2 unspecified atom stereocenters. The molecule has 0 bridgehead atoms. The molecule has 3 aliphatic rings. The minimum absolute atomic E-state index is 0. The number of fused-ring (bicyclic) bond motifs is 1. The minimum atomic E-state index is -0.957. The first kappa shape index (κ1) is 28.0. The summed E-state index contributed by atoms with van der Waals surface area (Å²) in [4.78, 5) is 47.9. The van der Waals surface area contributed by atoms with Crippen molar-refractivity contribution in [3.05, 3.63) is 52.6 Å². The Morgan fingerprint density at radius 1 is 1.08 bits per heavy atom. The van der Waals surface area contributed by atoms with E-state index in [2.05, 4.69) is 15.2 Å². The number of nitrogens with one attached hydrogen (secondary N) is 1. The lowest BCUT2D eigenvalue weighted by atomic mass is 10.0. The molecule has 206 valence electrons. The first-order valence-corrected chi connectivity index (χ1v) is 12.8. The highest BCUT2D eigenvalue weighted by Crippen LogP contribution is 2.44. The number of amides is 3. The fourth-order valence-corrected chi connectivity index (χ4v) is 5.51. The number of piperazine rings is 1. The fourth-order valence-electron chi connectivity index (χ4n) is 5.51. The van der Waals surface area contributed by atoms with E-state index in [1.807, 2.05) is 31.2 Å². The predicted molar refractivity (Wildman–Crippen MR) is 147 cm³/mol. The molecular formula is C26H37ClN8O3. The summed E-state index contributed by atoms with van der Waals surface area (Å²) >= 11 is 0. The Balaban J connectivity index is 0.00000336. The summed E-state index contributed by atoms with van der Waals surface area (Å²) in [6.07, 6.45) is 1.61. The number of rotatable bonds is 5. The van der Waals surface area contributed by atoms with Crippen LogP contribution in [0.4, 0.5) is 10.6 Å². The van der Waals surface area contributed by atoms with Gasteiger partial charge in [0, 0.05) is 57.5 Å². The third kappa shape index (κ3) is 5.70. The maximum atomic E-state index is 12.9. The number of likely N-dealkylation sites (tertiary alicyclic amines) is 1. The van der Waals surface area contributed by atoms with Crippen LogP contribution in [-0.2, 0) is 11.3 Å². The largest absolute Gasteiger partial charge is 0.354 e. The molecule has 3 amide bonds. The van der Waals surface area contributed by atoms with Crippen molar-refractivity contribution in [2.24, 2.45) is 23.3 Å². The van der Waals surface area contributed by atoms with Gasteiger partial charge in [0.2, 0.25) is 5.91 Å². The van der Waals surface area contributed by atoms with Crippen LogP contribution in [0.5, 0.6) is 0 Å². The Morgan fingerprint density at radius 2 is 1.74 bits per heavy atom. The van der Waals surface area contributed by atoms with Crippen LogP contribution in [0.2, 0.25) is 0 Å². The van der Waals surface area contributed by atoms with Gasteiger partial charge in [0.1, 0.15) is 5.82 Å². The van der Waals surface area contributed by atoms with E-state index in [1.54, 1.807) is 35.9 Å². The van der Waals surface area contributed by atoms with Gasteiger partial charge >= 0.3 is 11.7 Å². The highest BCUT2D eigenvalue weighted by atomic mass is 35.5. The van der Waals surface area contributed by atoms with Crippen LogP contribution in [0, 0.1) is 11.8 Å². The number of hydrogen-bond donors (Lipinski definition) is 3. The van der Waals surface area contributed by atoms with Crippen LogP contribution in [0.15, 0.2) is 41.3 Å². The third-order valence-corrected chi connectivity index (χ3v) is 7.72. The van der Waals surface area contributed by atoms with Gasteiger partial charge in [-0.25, -0.2) is 9.59 Å². The molecule has 3 heterocycles. The molecule has 2 aromatic rings. The Bertz CT molecular complexity index is 1230. The van der Waals surface area contributed by atoms with Crippen LogP contribution in [0.1, 0.15) is 26.3 Å². The summed E-state index contributed by atoms with van der Waals surface area (Å²) in [6.45, 7) is 9.37. The van der Waals surface area contributed by atoms with Crippen molar-refractivity contribution in [3.8, 4) is 5.69 Å². The molecule has 2 aliphatic heterocycles. The summed E-state index contributed by atoms with van der Waals surface area (Å²) in [5, 5.41) is 2.72. The topological polar surface area (TPSA) is 143 Å². The van der Waals surface area contributed by atoms with Gasteiger partial charge in [-0.15, -0.1) is 12.4 Å². The molecule has 1 saturated carbocycles. The first-order valence-electron chi connectivity index (χ1n) is 12.8. The standard InChI is InChI=1S/C26H36N8O3.ClH/c1-16-12-32(23(35)26(2,3)28)10-11-33(16)24(36)29-21-8-9-34(25(37)30-21)18-6-4-17(5-7-18)13-31-14-19-20(15-31)22(19)27;/h4-9,16,19-20,22H,10-15,27-28H2,1-3H3,(H,29,30,36,37);1H/t16-,19?,20?,22?;/m1./s1. The van der Waals surface area contributed by atoms with Crippen LogP contribution in [0.25, 0.3) is 5.69 Å². The van der Waals surface area contributed by atoms with Gasteiger partial charge in [-0.2, -0.15) is 4.98 Å². The van der Waals surface area contributed by atoms with Crippen molar-refractivity contribution >= 4 is 30.2 Å². The van der Waals surface area contributed by atoms with Crippen molar-refractivity contribution in [2.75, 3.05) is 38.0 Å². The number of nitrogens with zero attached hydrogens (tertiary/aromatic N) is 5. The Kier molecular flexibility index (Phi) is 7.85. The second kappa shape index (κ2) is 10.6. The number of carbonyl (C=O) groups excluding carboxylic acids is 2. The molecule has 0 radical (unpaired) electrons. The van der Waals surface area contributed by atoms with Crippen molar-refractivity contribution in [2.45, 2.75) is 44.9 Å². The quantitative estimate of drug-likeness (QED) is 0.506. The average Bonchev–Trinajstić information content (AvgIpc) is 3.23. The van der Waals surface area contributed by atoms with E-state index in [-0.39, 0.29) is 36.2 Å². The Hall–Kier alpha value is -2.99. The van der Waals surface area contributed by atoms with Gasteiger partial charge in [-0.1, -0.05) is 12.1 Å². The number of aromatic nitrogens is 2. The van der Waals surface area contributed by atoms with E-state index in [0.717, 1.165) is 19.6 Å². The molecule has 5 rings (SSSR count). The van der Waals surface area contributed by atoms with Crippen LogP contribution in [0.3, 0.4) is 0 Å². The highest BCUT2D eigenvalue weighted by molar-refractivity contribution is 5.89. The van der Waals surface area contributed by atoms with Gasteiger partial charge in [0.15, 0.2) is 0 Å².